The van der Waals surface area contributed by atoms with Crippen LogP contribution >= 0.6 is 11.6 Å². The minimum atomic E-state index is 0.307. The van der Waals surface area contributed by atoms with Gasteiger partial charge in [0, 0.05) is 6.54 Å². The Bertz CT molecular complexity index is 333. The predicted molar refractivity (Wildman–Crippen MR) is 73.4 cm³/mol. The highest BCUT2D eigenvalue weighted by Crippen LogP contribution is 2.27. The van der Waals surface area contributed by atoms with Gasteiger partial charge in [0.15, 0.2) is 0 Å². The summed E-state index contributed by atoms with van der Waals surface area (Å²) in [6, 6.07) is 0.307. The molecular weight excluding hydrogens is 234 g/mol. The van der Waals surface area contributed by atoms with Gasteiger partial charge in [0.2, 0.25) is 0 Å². The summed E-state index contributed by atoms with van der Waals surface area (Å²) in [7, 11) is 0. The number of hydrogen-bond acceptors (Lipinski definition) is 2. The van der Waals surface area contributed by atoms with E-state index < -0.39 is 0 Å². The molecule has 0 bridgehead atoms. The van der Waals surface area contributed by atoms with Gasteiger partial charge >= 0.3 is 0 Å². The molecule has 17 heavy (non-hydrogen) atoms. The standard InChI is InChI=1S/C13H24ClN3/c1-5-7-17-13(11(14)9-16-17)12(15-6-2)8-10(3)4/h9-10,12,15H,5-8H2,1-4H3. The molecule has 1 N–H and O–H groups in total. The fourth-order valence-electron chi connectivity index (χ4n) is 2.12. The van der Waals surface area contributed by atoms with Gasteiger partial charge < -0.3 is 5.32 Å². The summed E-state index contributed by atoms with van der Waals surface area (Å²) in [6.45, 7) is 10.6. The molecule has 0 saturated carbocycles. The molecule has 4 heteroatoms. The smallest absolute Gasteiger partial charge is 0.0834 e. The van der Waals surface area contributed by atoms with E-state index in [1.807, 2.05) is 4.68 Å². The van der Waals surface area contributed by atoms with Crippen molar-refractivity contribution >= 4 is 11.6 Å². The summed E-state index contributed by atoms with van der Waals surface area (Å²) in [5, 5.41) is 8.65. The molecule has 0 aromatic carbocycles. The first-order valence-corrected chi connectivity index (χ1v) is 6.92. The Morgan fingerprint density at radius 2 is 2.12 bits per heavy atom. The van der Waals surface area contributed by atoms with Crippen molar-refractivity contribution in [2.24, 2.45) is 5.92 Å². The highest BCUT2D eigenvalue weighted by Gasteiger charge is 2.20. The molecular formula is C13H24ClN3. The topological polar surface area (TPSA) is 29.9 Å². The average Bonchev–Trinajstić information content (AvgIpc) is 2.59. The molecule has 0 aliphatic heterocycles. The van der Waals surface area contributed by atoms with Gasteiger partial charge in [0.25, 0.3) is 0 Å². The second-order valence-electron chi connectivity index (χ2n) is 4.84. The molecule has 1 rings (SSSR count). The summed E-state index contributed by atoms with van der Waals surface area (Å²) in [6.07, 6.45) is 3.92. The number of rotatable bonds is 7. The summed E-state index contributed by atoms with van der Waals surface area (Å²) in [4.78, 5) is 0. The largest absolute Gasteiger partial charge is 0.309 e. The molecule has 3 nitrogen and oxygen atoms in total. The van der Waals surface area contributed by atoms with E-state index in [0.717, 1.165) is 36.6 Å². The Morgan fingerprint density at radius 3 is 2.65 bits per heavy atom. The number of nitrogens with zero attached hydrogens (tertiary/aromatic N) is 2. The summed E-state index contributed by atoms with van der Waals surface area (Å²) < 4.78 is 2.04. The van der Waals surface area contributed by atoms with E-state index >= 15 is 0 Å². The van der Waals surface area contributed by atoms with Crippen LogP contribution in [0.4, 0.5) is 0 Å². The van der Waals surface area contributed by atoms with Gasteiger partial charge in [-0.2, -0.15) is 5.10 Å². The zero-order valence-electron chi connectivity index (χ0n) is 11.3. The lowest BCUT2D eigenvalue weighted by Gasteiger charge is -2.21. The normalized spacial score (nSPS) is 13.3. The third-order valence-corrected chi connectivity index (χ3v) is 3.05. The van der Waals surface area contributed by atoms with Crippen LogP contribution in [-0.4, -0.2) is 16.3 Å². The predicted octanol–water partition coefficient (Wildman–Crippen LogP) is 3.64. The van der Waals surface area contributed by atoms with E-state index in [0.29, 0.717) is 12.0 Å². The zero-order chi connectivity index (χ0) is 12.8. The van der Waals surface area contributed by atoms with Gasteiger partial charge in [-0.25, -0.2) is 0 Å². The third-order valence-electron chi connectivity index (χ3n) is 2.76. The van der Waals surface area contributed by atoms with Gasteiger partial charge in [-0.1, -0.05) is 39.3 Å². The van der Waals surface area contributed by atoms with Crippen LogP contribution in [-0.2, 0) is 6.54 Å². The van der Waals surface area contributed by atoms with Crippen molar-refractivity contribution in [2.75, 3.05) is 6.54 Å². The van der Waals surface area contributed by atoms with E-state index in [1.54, 1.807) is 6.20 Å². The minimum Gasteiger partial charge on any atom is -0.309 e. The van der Waals surface area contributed by atoms with Crippen molar-refractivity contribution in [3.63, 3.8) is 0 Å². The van der Waals surface area contributed by atoms with Crippen LogP contribution in [0.5, 0.6) is 0 Å². The van der Waals surface area contributed by atoms with E-state index in [2.05, 4.69) is 38.1 Å². The Kier molecular flexibility index (Phi) is 6.00. The summed E-state index contributed by atoms with van der Waals surface area (Å²) in [5.74, 6) is 0.639. The van der Waals surface area contributed by atoms with E-state index in [-0.39, 0.29) is 0 Å². The number of aromatic nitrogens is 2. The average molecular weight is 258 g/mol. The Morgan fingerprint density at radius 1 is 1.41 bits per heavy atom. The summed E-state index contributed by atoms with van der Waals surface area (Å²) >= 11 is 6.27. The van der Waals surface area contributed by atoms with E-state index in [9.17, 15) is 0 Å². The van der Waals surface area contributed by atoms with Gasteiger partial charge in [-0.3, -0.25) is 4.68 Å². The highest BCUT2D eigenvalue weighted by molar-refractivity contribution is 6.31. The number of nitrogens with one attached hydrogen (secondary N) is 1. The molecule has 1 atom stereocenters. The van der Waals surface area contributed by atoms with Crippen molar-refractivity contribution in [1.82, 2.24) is 15.1 Å². The SMILES string of the molecule is CCCn1ncc(Cl)c1C(CC(C)C)NCC. The first-order chi connectivity index (χ1) is 8.10. The van der Waals surface area contributed by atoms with Crippen molar-refractivity contribution in [3.8, 4) is 0 Å². The maximum atomic E-state index is 6.27. The maximum Gasteiger partial charge on any atom is 0.0834 e. The fraction of sp³-hybridized carbons (Fsp3) is 0.769. The molecule has 1 heterocycles. The molecule has 0 aliphatic carbocycles. The quantitative estimate of drug-likeness (QED) is 0.808. The molecule has 98 valence electrons. The Balaban J connectivity index is 2.94. The van der Waals surface area contributed by atoms with Crippen molar-refractivity contribution in [3.05, 3.63) is 16.9 Å². The Hall–Kier alpha value is -0.540. The lowest BCUT2D eigenvalue weighted by atomic mass is 10.0. The molecule has 1 aromatic heterocycles. The molecule has 1 aromatic rings. The monoisotopic (exact) mass is 257 g/mol. The molecule has 0 amide bonds. The minimum absolute atomic E-state index is 0.307. The number of hydrogen-bond donors (Lipinski definition) is 1. The third kappa shape index (κ3) is 4.00. The van der Waals surface area contributed by atoms with Crippen LogP contribution in [0.15, 0.2) is 6.20 Å². The molecule has 1 unspecified atom stereocenters. The van der Waals surface area contributed by atoms with Crippen LogP contribution in [0.2, 0.25) is 5.02 Å². The van der Waals surface area contributed by atoms with Crippen LogP contribution in [0.25, 0.3) is 0 Å². The molecule has 0 spiro atoms. The zero-order valence-corrected chi connectivity index (χ0v) is 12.1. The molecule has 0 fully saturated rings. The van der Waals surface area contributed by atoms with Gasteiger partial charge in [-0.05, 0) is 25.3 Å². The van der Waals surface area contributed by atoms with E-state index in [4.69, 9.17) is 11.6 Å². The van der Waals surface area contributed by atoms with Gasteiger partial charge in [0.05, 0.1) is 23.0 Å². The second kappa shape index (κ2) is 7.02. The fourth-order valence-corrected chi connectivity index (χ4v) is 2.39. The summed E-state index contributed by atoms with van der Waals surface area (Å²) in [5.41, 5.74) is 1.14. The van der Waals surface area contributed by atoms with Crippen molar-refractivity contribution in [1.29, 1.82) is 0 Å². The van der Waals surface area contributed by atoms with Crippen molar-refractivity contribution < 1.29 is 0 Å². The van der Waals surface area contributed by atoms with Gasteiger partial charge in [-0.15, -0.1) is 0 Å². The van der Waals surface area contributed by atoms with E-state index in [1.165, 1.54) is 0 Å². The first-order valence-electron chi connectivity index (χ1n) is 6.54. The van der Waals surface area contributed by atoms with Crippen LogP contribution in [0.1, 0.15) is 52.3 Å². The van der Waals surface area contributed by atoms with Crippen molar-refractivity contribution in [2.45, 2.75) is 53.1 Å². The second-order valence-corrected chi connectivity index (χ2v) is 5.25. The van der Waals surface area contributed by atoms with Crippen LogP contribution < -0.4 is 5.32 Å². The highest BCUT2D eigenvalue weighted by atomic mass is 35.5. The molecule has 0 saturated heterocycles. The van der Waals surface area contributed by atoms with Crippen LogP contribution in [0.3, 0.4) is 0 Å². The van der Waals surface area contributed by atoms with Crippen LogP contribution in [0, 0.1) is 5.92 Å². The lowest BCUT2D eigenvalue weighted by molar-refractivity contribution is 0.407. The number of halogens is 1. The van der Waals surface area contributed by atoms with Gasteiger partial charge in [0.1, 0.15) is 0 Å². The molecule has 0 aliphatic rings. The first kappa shape index (κ1) is 14.5. The lowest BCUT2D eigenvalue weighted by Crippen LogP contribution is -2.25. The maximum absolute atomic E-state index is 6.27. The molecule has 0 radical (unpaired) electrons. The Labute approximate surface area is 110 Å². The number of aryl methyl sites for hydroxylation is 1.